The maximum absolute atomic E-state index is 2.60. The molecule has 0 bridgehead atoms. The molecule has 0 aromatic carbocycles. The van der Waals surface area contributed by atoms with Crippen molar-refractivity contribution in [3.8, 4) is 0 Å². The first kappa shape index (κ1) is 36.8. The van der Waals surface area contributed by atoms with E-state index in [4.69, 9.17) is 0 Å². The summed E-state index contributed by atoms with van der Waals surface area (Å²) in [5.74, 6) is 1.86. The second kappa shape index (κ2) is 17.1. The highest BCUT2D eigenvalue weighted by Crippen LogP contribution is 2.42. The fourth-order valence-electron chi connectivity index (χ4n) is 4.23. The number of likely N-dealkylation sites (tertiary alicyclic amines) is 1. The lowest BCUT2D eigenvalue weighted by atomic mass is 9.72. The van der Waals surface area contributed by atoms with E-state index in [1.165, 1.54) is 51.4 Å². The molecule has 1 heteroatoms. The zero-order chi connectivity index (χ0) is 17.4. The molecule has 0 amide bonds. The van der Waals surface area contributed by atoms with Crippen LogP contribution < -0.4 is 0 Å². The maximum Gasteiger partial charge on any atom is 0.0158 e. The Morgan fingerprint density at radius 2 is 1.23 bits per heavy atom. The van der Waals surface area contributed by atoms with Gasteiger partial charge in [-0.1, -0.05) is 95.9 Å². The summed E-state index contributed by atoms with van der Waals surface area (Å²) < 4.78 is 0. The second-order valence-corrected chi connectivity index (χ2v) is 8.64. The molecular formula is C25H61N. The summed E-state index contributed by atoms with van der Waals surface area (Å²) in [4.78, 5) is 2.60. The number of hydrogen-bond donors (Lipinski definition) is 0. The first-order chi connectivity index (χ1) is 10.2. The van der Waals surface area contributed by atoms with Crippen molar-refractivity contribution in [2.45, 2.75) is 148 Å². The van der Waals surface area contributed by atoms with Crippen molar-refractivity contribution in [3.05, 3.63) is 0 Å². The fraction of sp³-hybridized carbons (Fsp3) is 1.00. The van der Waals surface area contributed by atoms with E-state index in [1.807, 2.05) is 13.8 Å². The second-order valence-electron chi connectivity index (χ2n) is 8.64. The van der Waals surface area contributed by atoms with Gasteiger partial charge in [-0.25, -0.2) is 0 Å². The van der Waals surface area contributed by atoms with Crippen LogP contribution in [0.3, 0.4) is 0 Å². The molecule has 0 aromatic heterocycles. The Labute approximate surface area is 171 Å². The van der Waals surface area contributed by atoms with E-state index in [9.17, 15) is 0 Å². The minimum Gasteiger partial charge on any atom is -0.296 e. The average molecular weight is 376 g/mol. The smallest absolute Gasteiger partial charge is 0.0158 e. The molecule has 1 saturated heterocycles. The van der Waals surface area contributed by atoms with Crippen LogP contribution in [0.15, 0.2) is 0 Å². The number of nitrogens with zero attached hydrogens (tertiary/aromatic N) is 1. The van der Waals surface area contributed by atoms with E-state index in [0.29, 0.717) is 11.1 Å². The highest BCUT2D eigenvalue weighted by atomic mass is 15.2. The quantitative estimate of drug-likeness (QED) is 0.428. The van der Waals surface area contributed by atoms with E-state index < -0.39 is 0 Å². The standard InChI is InChI=1S/C19H39N.C2H6.4CH4/c1-8-9-11-16(2)12-10-13-17-14-18(3,4)20(7)19(5,6)15-17;1-2;;;;/h16-17H,8-15H2,1-7H3;1-2H3;4*1H4. The lowest BCUT2D eigenvalue weighted by Gasteiger charge is -2.54. The third-order valence-electron chi connectivity index (χ3n) is 5.75. The summed E-state index contributed by atoms with van der Waals surface area (Å²) in [6.45, 7) is 18.4. The normalized spacial score (nSPS) is 19.3. The van der Waals surface area contributed by atoms with Gasteiger partial charge in [0, 0.05) is 11.1 Å². The van der Waals surface area contributed by atoms with Gasteiger partial charge in [0.1, 0.15) is 0 Å². The summed E-state index contributed by atoms with van der Waals surface area (Å²) in [7, 11) is 2.31. The maximum atomic E-state index is 2.60. The predicted octanol–water partition coefficient (Wildman–Crippen LogP) is 9.45. The fourth-order valence-corrected chi connectivity index (χ4v) is 4.23. The molecule has 0 spiro atoms. The van der Waals surface area contributed by atoms with Crippen LogP contribution in [0.4, 0.5) is 0 Å². The van der Waals surface area contributed by atoms with Crippen LogP contribution in [0.2, 0.25) is 0 Å². The molecule has 0 aliphatic carbocycles. The molecule has 1 rings (SSSR count). The first-order valence-electron chi connectivity index (χ1n) is 9.93. The Balaban J connectivity index is -0.000000236. The van der Waals surface area contributed by atoms with Crippen LogP contribution in [0, 0.1) is 11.8 Å². The largest absolute Gasteiger partial charge is 0.296 e. The Morgan fingerprint density at radius 3 is 1.62 bits per heavy atom. The van der Waals surface area contributed by atoms with Gasteiger partial charge in [-0.15, -0.1) is 0 Å². The van der Waals surface area contributed by atoms with Gasteiger partial charge in [0.2, 0.25) is 0 Å². The van der Waals surface area contributed by atoms with E-state index in [2.05, 4.69) is 53.5 Å². The number of unbranched alkanes of at least 4 members (excludes halogenated alkanes) is 1. The lowest BCUT2D eigenvalue weighted by Crippen LogP contribution is -2.58. The molecular weight excluding hydrogens is 314 g/mol. The highest BCUT2D eigenvalue weighted by molar-refractivity contribution is 4.98. The molecule has 1 unspecified atom stereocenters. The highest BCUT2D eigenvalue weighted by Gasteiger charge is 2.42. The summed E-state index contributed by atoms with van der Waals surface area (Å²) in [6, 6.07) is 0. The van der Waals surface area contributed by atoms with Crippen molar-refractivity contribution in [1.29, 1.82) is 0 Å². The van der Waals surface area contributed by atoms with Gasteiger partial charge in [0.15, 0.2) is 0 Å². The summed E-state index contributed by atoms with van der Waals surface area (Å²) in [6.07, 6.45) is 11.3. The molecule has 26 heavy (non-hydrogen) atoms. The SMILES string of the molecule is C.C.C.C.CC.CCCCC(C)CCCC1CC(C)(C)N(C)C(C)(C)C1. The number of rotatable bonds is 7. The van der Waals surface area contributed by atoms with E-state index in [1.54, 1.807) is 0 Å². The topological polar surface area (TPSA) is 3.24 Å². The number of piperidine rings is 1. The predicted molar refractivity (Wildman–Crippen MR) is 129 cm³/mol. The van der Waals surface area contributed by atoms with Crippen molar-refractivity contribution >= 4 is 0 Å². The number of hydrogen-bond acceptors (Lipinski definition) is 1. The molecule has 0 radical (unpaired) electrons. The van der Waals surface area contributed by atoms with Gasteiger partial charge in [-0.3, -0.25) is 4.90 Å². The van der Waals surface area contributed by atoms with Gasteiger partial charge in [-0.2, -0.15) is 0 Å². The van der Waals surface area contributed by atoms with Gasteiger partial charge in [-0.05, 0) is 59.4 Å². The molecule has 1 aliphatic heterocycles. The van der Waals surface area contributed by atoms with Crippen molar-refractivity contribution in [2.75, 3.05) is 7.05 Å². The van der Waals surface area contributed by atoms with Crippen molar-refractivity contribution in [3.63, 3.8) is 0 Å². The average Bonchev–Trinajstić information content (AvgIpc) is 2.44. The van der Waals surface area contributed by atoms with Gasteiger partial charge < -0.3 is 0 Å². The van der Waals surface area contributed by atoms with Crippen LogP contribution in [-0.4, -0.2) is 23.0 Å². The van der Waals surface area contributed by atoms with E-state index in [-0.39, 0.29) is 29.7 Å². The summed E-state index contributed by atoms with van der Waals surface area (Å²) in [5.41, 5.74) is 0.723. The van der Waals surface area contributed by atoms with Crippen molar-refractivity contribution in [2.24, 2.45) is 11.8 Å². The molecule has 1 fully saturated rings. The Morgan fingerprint density at radius 1 is 0.846 bits per heavy atom. The van der Waals surface area contributed by atoms with Crippen LogP contribution in [0.1, 0.15) is 136 Å². The molecule has 1 aliphatic rings. The van der Waals surface area contributed by atoms with Crippen LogP contribution in [-0.2, 0) is 0 Å². The molecule has 1 nitrogen and oxygen atoms in total. The minimum atomic E-state index is 0. The minimum absolute atomic E-state index is 0. The molecule has 0 N–H and O–H groups in total. The summed E-state index contributed by atoms with van der Waals surface area (Å²) in [5, 5.41) is 0. The monoisotopic (exact) mass is 375 g/mol. The summed E-state index contributed by atoms with van der Waals surface area (Å²) >= 11 is 0. The molecule has 0 saturated carbocycles. The van der Waals surface area contributed by atoms with Gasteiger partial charge in [0.25, 0.3) is 0 Å². The van der Waals surface area contributed by atoms with Crippen LogP contribution >= 0.6 is 0 Å². The first-order valence-corrected chi connectivity index (χ1v) is 9.93. The zero-order valence-electron chi connectivity index (χ0n) is 17.3. The lowest BCUT2D eigenvalue weighted by molar-refractivity contribution is -0.0322. The zero-order valence-corrected chi connectivity index (χ0v) is 17.3. The third-order valence-corrected chi connectivity index (χ3v) is 5.75. The third kappa shape index (κ3) is 12.4. The van der Waals surface area contributed by atoms with E-state index in [0.717, 1.165) is 11.8 Å². The Kier molecular flexibility index (Phi) is 24.2. The molecule has 0 aromatic rings. The Hall–Kier alpha value is -0.0400. The van der Waals surface area contributed by atoms with Crippen LogP contribution in [0.5, 0.6) is 0 Å². The van der Waals surface area contributed by atoms with Crippen molar-refractivity contribution in [1.82, 2.24) is 4.90 Å². The van der Waals surface area contributed by atoms with Crippen LogP contribution in [0.25, 0.3) is 0 Å². The Bertz CT molecular complexity index is 262. The van der Waals surface area contributed by atoms with E-state index >= 15 is 0 Å². The molecule has 1 atom stereocenters. The van der Waals surface area contributed by atoms with Gasteiger partial charge >= 0.3 is 0 Å². The van der Waals surface area contributed by atoms with Crippen molar-refractivity contribution < 1.29 is 0 Å². The molecule has 166 valence electrons. The van der Waals surface area contributed by atoms with Gasteiger partial charge in [0.05, 0.1) is 0 Å². The molecule has 1 heterocycles.